The Balaban J connectivity index is 2.22. The van der Waals surface area contributed by atoms with Crippen molar-refractivity contribution in [2.45, 2.75) is 44.8 Å². The Hall–Kier alpha value is -2.80. The first-order valence-electron chi connectivity index (χ1n) is 9.22. The van der Waals surface area contributed by atoms with Crippen LogP contribution in [-0.4, -0.2) is 23.3 Å². The lowest BCUT2D eigenvalue weighted by molar-refractivity contribution is -0.144. The Morgan fingerprint density at radius 3 is 2.30 bits per heavy atom. The van der Waals surface area contributed by atoms with Crippen LogP contribution in [0, 0.1) is 17.3 Å². The highest BCUT2D eigenvalue weighted by Crippen LogP contribution is 2.32. The lowest BCUT2D eigenvalue weighted by Gasteiger charge is -2.16. The zero-order valence-corrected chi connectivity index (χ0v) is 17.9. The third-order valence-electron chi connectivity index (χ3n) is 4.29. The highest BCUT2D eigenvalue weighted by molar-refractivity contribution is 6.83. The van der Waals surface area contributed by atoms with Gasteiger partial charge < -0.3 is 4.74 Å². The molecule has 0 aliphatic heterocycles. The van der Waals surface area contributed by atoms with Crippen LogP contribution in [0.1, 0.15) is 24.1 Å². The first-order valence-corrected chi connectivity index (χ1v) is 12.7. The third kappa shape index (κ3) is 4.67. The molecule has 0 atom stereocenters. The van der Waals surface area contributed by atoms with Crippen molar-refractivity contribution in [3.8, 4) is 22.9 Å². The Bertz CT molecular complexity index is 1180. The third-order valence-corrected chi connectivity index (χ3v) is 5.17. The number of hydrogen-bond acceptors (Lipinski definition) is 3. The molecule has 1 aromatic carbocycles. The lowest BCUT2D eigenvalue weighted by atomic mass is 10.1. The van der Waals surface area contributed by atoms with Crippen LogP contribution in [0.4, 0.5) is 17.6 Å². The van der Waals surface area contributed by atoms with E-state index in [2.05, 4.69) is 11.5 Å². The van der Waals surface area contributed by atoms with Gasteiger partial charge in [-0.3, -0.25) is 9.36 Å². The van der Waals surface area contributed by atoms with E-state index in [-0.39, 0.29) is 28.1 Å². The summed E-state index contributed by atoms with van der Waals surface area (Å²) in [4.78, 5) is 24.8. The van der Waals surface area contributed by atoms with Gasteiger partial charge in [0.2, 0.25) is 0 Å². The summed E-state index contributed by atoms with van der Waals surface area (Å²) < 4.78 is 60.4. The summed E-state index contributed by atoms with van der Waals surface area (Å²) in [7, 11) is -0.916. The van der Waals surface area contributed by atoms with Gasteiger partial charge in [0, 0.05) is 19.2 Å². The van der Waals surface area contributed by atoms with E-state index in [0.29, 0.717) is 4.57 Å². The molecule has 10 heteroatoms. The van der Waals surface area contributed by atoms with Gasteiger partial charge in [-0.1, -0.05) is 25.6 Å². The van der Waals surface area contributed by atoms with Crippen LogP contribution in [0.15, 0.2) is 27.8 Å². The smallest absolute Gasteiger partial charge is 0.431 e. The van der Waals surface area contributed by atoms with E-state index in [1.165, 1.54) is 0 Å². The zero-order chi connectivity index (χ0) is 22.4. The van der Waals surface area contributed by atoms with Gasteiger partial charge in [0.1, 0.15) is 25.3 Å². The van der Waals surface area contributed by atoms with E-state index >= 15 is 0 Å². The molecule has 0 bridgehead atoms. The number of ether oxygens (including phenoxy) is 1. The van der Waals surface area contributed by atoms with Gasteiger partial charge in [0.05, 0.1) is 17.4 Å². The molecule has 0 N–H and O–H groups in total. The van der Waals surface area contributed by atoms with Gasteiger partial charge in [-0.05, 0) is 18.9 Å². The van der Waals surface area contributed by atoms with E-state index in [1.807, 2.05) is 19.6 Å². The largest absolute Gasteiger partial charge is 0.489 e. The second kappa shape index (κ2) is 7.47. The molecule has 1 aliphatic carbocycles. The molecule has 0 saturated heterocycles. The molecule has 1 heterocycles. The number of aromatic nitrogens is 2. The Morgan fingerprint density at radius 1 is 1.13 bits per heavy atom. The molecule has 0 spiro atoms. The van der Waals surface area contributed by atoms with Crippen LogP contribution in [0.2, 0.25) is 19.6 Å². The van der Waals surface area contributed by atoms with Gasteiger partial charge in [-0.2, -0.15) is 13.2 Å². The summed E-state index contributed by atoms with van der Waals surface area (Å²) >= 11 is 0. The van der Waals surface area contributed by atoms with Crippen molar-refractivity contribution in [3.63, 3.8) is 0 Å². The fraction of sp³-hybridized carbons (Fsp3) is 0.400. The maximum Gasteiger partial charge on any atom is 0.431 e. The Labute approximate surface area is 170 Å². The Kier molecular flexibility index (Phi) is 5.45. The number of hydrogen-bond donors (Lipinski definition) is 0. The van der Waals surface area contributed by atoms with Gasteiger partial charge in [0.25, 0.3) is 5.56 Å². The number of rotatable bonds is 3. The van der Waals surface area contributed by atoms with Crippen molar-refractivity contribution < 1.29 is 22.3 Å². The van der Waals surface area contributed by atoms with Gasteiger partial charge in [0.15, 0.2) is 0 Å². The highest BCUT2D eigenvalue weighted by atomic mass is 28.3. The first-order chi connectivity index (χ1) is 13.8. The van der Waals surface area contributed by atoms with Crippen LogP contribution in [0.25, 0.3) is 5.69 Å². The summed E-state index contributed by atoms with van der Waals surface area (Å²) in [6.07, 6.45) is -3.38. The molecule has 160 valence electrons. The average molecular weight is 440 g/mol. The molecule has 1 saturated carbocycles. The van der Waals surface area contributed by atoms with E-state index < -0.39 is 42.7 Å². The van der Waals surface area contributed by atoms with Crippen molar-refractivity contribution >= 4 is 8.07 Å². The number of halogens is 4. The fourth-order valence-corrected chi connectivity index (χ4v) is 3.16. The summed E-state index contributed by atoms with van der Waals surface area (Å²) in [6.45, 7) is 6.03. The predicted molar refractivity (Wildman–Crippen MR) is 106 cm³/mol. The second-order valence-corrected chi connectivity index (χ2v) is 12.9. The van der Waals surface area contributed by atoms with Crippen LogP contribution in [-0.2, 0) is 13.2 Å². The van der Waals surface area contributed by atoms with Crippen molar-refractivity contribution in [1.82, 2.24) is 9.13 Å². The van der Waals surface area contributed by atoms with E-state index in [0.717, 1.165) is 32.0 Å². The number of benzene rings is 1. The minimum absolute atomic E-state index is 0.0806. The minimum Gasteiger partial charge on any atom is -0.489 e. The maximum atomic E-state index is 14.9. The monoisotopic (exact) mass is 440 g/mol. The van der Waals surface area contributed by atoms with Crippen molar-refractivity contribution in [1.29, 1.82) is 0 Å². The van der Waals surface area contributed by atoms with Crippen LogP contribution in [0.5, 0.6) is 5.75 Å². The standard InChI is InChI=1S/C20H20F4N2O3Si/c1-25-17(20(22,23)24)11-18(27)26(19(25)28)15-10-16(29-13-5-6-13)12(9-14(15)21)7-8-30(2,3)4/h9-11,13H,5-6H2,1-4H3. The normalized spacial score (nSPS) is 14.3. The van der Waals surface area contributed by atoms with Gasteiger partial charge in [-0.25, -0.2) is 13.8 Å². The molecule has 30 heavy (non-hydrogen) atoms. The molecule has 2 aromatic rings. The quantitative estimate of drug-likeness (QED) is 0.417. The van der Waals surface area contributed by atoms with Gasteiger partial charge in [-0.15, -0.1) is 5.54 Å². The Morgan fingerprint density at radius 2 is 1.77 bits per heavy atom. The summed E-state index contributed by atoms with van der Waals surface area (Å²) in [5.41, 5.74) is -1.14. The van der Waals surface area contributed by atoms with Crippen molar-refractivity contribution in [3.05, 3.63) is 56.1 Å². The summed E-state index contributed by atoms with van der Waals surface area (Å²) in [6, 6.07) is 2.46. The molecular formula is C20H20F4N2O3Si. The molecule has 5 nitrogen and oxygen atoms in total. The fourth-order valence-electron chi connectivity index (χ4n) is 2.65. The molecule has 0 amide bonds. The molecule has 3 rings (SSSR count). The summed E-state index contributed by atoms with van der Waals surface area (Å²) in [5.74, 6) is 2.13. The molecule has 1 fully saturated rings. The van der Waals surface area contributed by atoms with Crippen molar-refractivity contribution in [2.75, 3.05) is 0 Å². The van der Waals surface area contributed by atoms with Crippen LogP contribution >= 0.6 is 0 Å². The average Bonchev–Trinajstić information content (AvgIpc) is 3.41. The molecule has 0 radical (unpaired) electrons. The van der Waals surface area contributed by atoms with Gasteiger partial charge >= 0.3 is 11.9 Å². The first kappa shape index (κ1) is 21.9. The molecular weight excluding hydrogens is 420 g/mol. The van der Waals surface area contributed by atoms with Crippen molar-refractivity contribution in [2.24, 2.45) is 7.05 Å². The highest BCUT2D eigenvalue weighted by Gasteiger charge is 2.35. The second-order valence-electron chi connectivity index (χ2n) is 8.16. The predicted octanol–water partition coefficient (Wildman–Crippen LogP) is 3.46. The number of nitrogens with zero attached hydrogens (tertiary/aromatic N) is 2. The van der Waals surface area contributed by atoms with E-state index in [9.17, 15) is 27.2 Å². The van der Waals surface area contributed by atoms with E-state index in [4.69, 9.17) is 4.74 Å². The lowest BCUT2D eigenvalue weighted by Crippen LogP contribution is -2.41. The topological polar surface area (TPSA) is 53.2 Å². The molecule has 0 unspecified atom stereocenters. The summed E-state index contributed by atoms with van der Waals surface area (Å²) in [5, 5.41) is 0. The minimum atomic E-state index is -4.90. The SMILES string of the molecule is Cn1c(C(F)(F)F)cc(=O)n(-c2cc(OC3CC3)c(C#C[Si](C)(C)C)cc2F)c1=O. The molecule has 1 aliphatic rings. The molecule has 1 aromatic heterocycles. The van der Waals surface area contributed by atoms with Crippen LogP contribution in [0.3, 0.4) is 0 Å². The zero-order valence-electron chi connectivity index (χ0n) is 16.9. The van der Waals surface area contributed by atoms with Crippen LogP contribution < -0.4 is 16.0 Å². The van der Waals surface area contributed by atoms with E-state index in [1.54, 1.807) is 0 Å². The number of alkyl halides is 3. The maximum absolute atomic E-state index is 14.9.